The van der Waals surface area contributed by atoms with Crippen molar-refractivity contribution in [2.75, 3.05) is 0 Å². The monoisotopic (exact) mass is 316 g/mol. The minimum atomic E-state index is -3.03. The summed E-state index contributed by atoms with van der Waals surface area (Å²) in [5.74, 6) is 0. The van der Waals surface area contributed by atoms with Gasteiger partial charge in [0.2, 0.25) is 0 Å². The molecule has 0 saturated carbocycles. The van der Waals surface area contributed by atoms with Crippen LogP contribution in [0.3, 0.4) is 0 Å². The number of hydrogen-bond acceptors (Lipinski definition) is 3. The highest BCUT2D eigenvalue weighted by Gasteiger charge is 2.53. The van der Waals surface area contributed by atoms with E-state index in [-0.39, 0.29) is 10.5 Å². The van der Waals surface area contributed by atoms with Crippen molar-refractivity contribution >= 4 is 20.6 Å². The van der Waals surface area contributed by atoms with Gasteiger partial charge in [-0.3, -0.25) is 0 Å². The average molecular weight is 316 g/mol. The molecule has 0 amide bonds. The lowest BCUT2D eigenvalue weighted by Gasteiger charge is -2.38. The predicted octanol–water partition coefficient (Wildman–Crippen LogP) is 3.08. The first-order chi connectivity index (χ1) is 10.4. The van der Waals surface area contributed by atoms with E-state index in [1.165, 1.54) is 0 Å². The first-order valence-electron chi connectivity index (χ1n) is 7.86. The highest BCUT2D eigenvalue weighted by atomic mass is 32.2. The Morgan fingerprint density at radius 2 is 1.68 bits per heavy atom. The lowest BCUT2D eigenvalue weighted by Crippen LogP contribution is -2.43. The van der Waals surface area contributed by atoms with Gasteiger partial charge in [0, 0.05) is 0 Å². The second-order valence-corrected chi connectivity index (χ2v) is 9.34. The van der Waals surface area contributed by atoms with E-state index in [4.69, 9.17) is 0 Å². The van der Waals surface area contributed by atoms with Gasteiger partial charge < -0.3 is 5.11 Å². The van der Waals surface area contributed by atoms with Crippen molar-refractivity contribution in [3.8, 4) is 0 Å². The van der Waals surface area contributed by atoms with Crippen LogP contribution in [-0.4, -0.2) is 24.0 Å². The topological polar surface area (TPSA) is 54.4 Å². The molecular weight excluding hydrogens is 296 g/mol. The summed E-state index contributed by atoms with van der Waals surface area (Å²) in [6, 6.07) is 12.1. The number of sulfone groups is 1. The van der Waals surface area contributed by atoms with Crippen molar-refractivity contribution in [2.24, 2.45) is 0 Å². The molecule has 1 N–H and O–H groups in total. The van der Waals surface area contributed by atoms with E-state index >= 15 is 0 Å². The molecule has 2 heterocycles. The van der Waals surface area contributed by atoms with Crippen LogP contribution >= 0.6 is 0 Å². The molecule has 4 heteroatoms. The van der Waals surface area contributed by atoms with Crippen LogP contribution in [0, 0.1) is 6.92 Å². The van der Waals surface area contributed by atoms with Crippen LogP contribution in [0.25, 0.3) is 10.8 Å². The van der Waals surface area contributed by atoms with Gasteiger partial charge in [0.1, 0.15) is 0 Å². The number of aryl methyl sites for hydroxylation is 1. The van der Waals surface area contributed by atoms with Gasteiger partial charge in [0.05, 0.1) is 16.1 Å². The van der Waals surface area contributed by atoms with Gasteiger partial charge >= 0.3 is 0 Å². The third-order valence-corrected chi connectivity index (χ3v) is 8.14. The van der Waals surface area contributed by atoms with E-state index < -0.39 is 15.4 Å². The average Bonchev–Trinajstić information content (AvgIpc) is 2.65. The molecule has 2 unspecified atom stereocenters. The Hall–Kier alpha value is -1.39. The zero-order valence-corrected chi connectivity index (χ0v) is 13.4. The largest absolute Gasteiger partial charge is 0.385 e. The van der Waals surface area contributed by atoms with Gasteiger partial charge in [-0.15, -0.1) is 0 Å². The van der Waals surface area contributed by atoms with Crippen molar-refractivity contribution < 1.29 is 13.5 Å². The van der Waals surface area contributed by atoms with E-state index in [9.17, 15) is 13.5 Å². The van der Waals surface area contributed by atoms with E-state index in [0.717, 1.165) is 21.9 Å². The summed E-state index contributed by atoms with van der Waals surface area (Å²) in [5.41, 5.74) is 0.944. The summed E-state index contributed by atoms with van der Waals surface area (Å²) >= 11 is 0. The van der Waals surface area contributed by atoms with Crippen LogP contribution in [0.1, 0.15) is 36.8 Å². The Kier molecular flexibility index (Phi) is 2.94. The maximum Gasteiger partial charge on any atom is 0.156 e. The van der Waals surface area contributed by atoms with Gasteiger partial charge in [0.15, 0.2) is 9.84 Å². The molecule has 116 valence electrons. The van der Waals surface area contributed by atoms with E-state index in [1.807, 2.05) is 37.3 Å². The van der Waals surface area contributed by atoms with Crippen LogP contribution in [0.2, 0.25) is 0 Å². The maximum absolute atomic E-state index is 12.3. The molecule has 22 heavy (non-hydrogen) atoms. The van der Waals surface area contributed by atoms with E-state index in [1.54, 1.807) is 0 Å². The van der Waals surface area contributed by atoms with Crippen LogP contribution < -0.4 is 0 Å². The molecule has 2 saturated heterocycles. The molecule has 0 aromatic heterocycles. The van der Waals surface area contributed by atoms with Gasteiger partial charge in [-0.2, -0.15) is 0 Å². The standard InChI is InChI=1S/C18H20O3S/c1-12-6-7-13-4-2-3-5-16(13)17(12)18(19)10-14-8-9-15(11-18)22(14,20)21/h2-7,14-15,19H,8-11H2,1H3. The smallest absolute Gasteiger partial charge is 0.156 e. The van der Waals surface area contributed by atoms with Crippen LogP contribution in [0.15, 0.2) is 36.4 Å². The Balaban J connectivity index is 1.91. The molecule has 2 atom stereocenters. The fourth-order valence-corrected chi connectivity index (χ4v) is 6.94. The van der Waals surface area contributed by atoms with Gasteiger partial charge in [-0.25, -0.2) is 8.42 Å². The van der Waals surface area contributed by atoms with Crippen molar-refractivity contribution in [3.05, 3.63) is 47.5 Å². The summed E-state index contributed by atoms with van der Waals surface area (Å²) < 4.78 is 24.7. The number of fused-ring (bicyclic) bond motifs is 3. The van der Waals surface area contributed by atoms with Gasteiger partial charge in [-0.05, 0) is 54.5 Å². The summed E-state index contributed by atoms with van der Waals surface area (Å²) in [7, 11) is -3.03. The zero-order chi connectivity index (χ0) is 15.5. The predicted molar refractivity (Wildman–Crippen MR) is 87.5 cm³/mol. The van der Waals surface area contributed by atoms with Crippen molar-refractivity contribution in [1.82, 2.24) is 0 Å². The minimum Gasteiger partial charge on any atom is -0.385 e. The third-order valence-electron chi connectivity index (χ3n) is 5.47. The van der Waals surface area contributed by atoms with Crippen molar-refractivity contribution in [2.45, 2.75) is 48.7 Å². The van der Waals surface area contributed by atoms with Crippen LogP contribution in [0.5, 0.6) is 0 Å². The second-order valence-electron chi connectivity index (χ2n) is 6.83. The highest BCUT2D eigenvalue weighted by molar-refractivity contribution is 7.93. The zero-order valence-electron chi connectivity index (χ0n) is 12.6. The minimum absolute atomic E-state index is 0.334. The van der Waals surface area contributed by atoms with Crippen LogP contribution in [0.4, 0.5) is 0 Å². The molecule has 0 radical (unpaired) electrons. The Morgan fingerprint density at radius 3 is 2.36 bits per heavy atom. The maximum atomic E-state index is 12.3. The quantitative estimate of drug-likeness (QED) is 0.879. The molecule has 0 aliphatic carbocycles. The molecule has 4 rings (SSSR count). The molecule has 3 nitrogen and oxygen atoms in total. The number of rotatable bonds is 1. The first-order valence-corrected chi connectivity index (χ1v) is 9.47. The molecule has 2 bridgehead atoms. The lowest BCUT2D eigenvalue weighted by atomic mass is 9.80. The Labute approximate surface area is 130 Å². The second kappa shape index (κ2) is 4.56. The fraction of sp³-hybridized carbons (Fsp3) is 0.444. The molecule has 0 spiro atoms. The summed E-state index contributed by atoms with van der Waals surface area (Å²) in [5, 5.41) is 12.7. The molecule has 2 aliphatic rings. The summed E-state index contributed by atoms with van der Waals surface area (Å²) in [6.07, 6.45) is 2.06. The van der Waals surface area contributed by atoms with Crippen molar-refractivity contribution in [1.29, 1.82) is 0 Å². The molecular formula is C18H20O3S. The normalized spacial score (nSPS) is 33.2. The fourth-order valence-electron chi connectivity index (χ4n) is 4.45. The lowest BCUT2D eigenvalue weighted by molar-refractivity contribution is 0.0182. The first kappa shape index (κ1) is 14.2. The highest BCUT2D eigenvalue weighted by Crippen LogP contribution is 2.49. The van der Waals surface area contributed by atoms with Gasteiger partial charge in [-0.1, -0.05) is 36.4 Å². The van der Waals surface area contributed by atoms with Crippen molar-refractivity contribution in [3.63, 3.8) is 0 Å². The van der Waals surface area contributed by atoms with Gasteiger partial charge in [0.25, 0.3) is 0 Å². The summed E-state index contributed by atoms with van der Waals surface area (Å²) in [6.45, 7) is 2.00. The number of benzene rings is 2. The molecule has 2 aromatic rings. The molecule has 2 aromatic carbocycles. The van der Waals surface area contributed by atoms with E-state index in [2.05, 4.69) is 6.07 Å². The number of hydrogen-bond donors (Lipinski definition) is 1. The Morgan fingerprint density at radius 1 is 1.05 bits per heavy atom. The SMILES string of the molecule is Cc1ccc2ccccc2c1C1(O)CC2CCC(C1)S2(=O)=O. The van der Waals surface area contributed by atoms with Crippen LogP contribution in [-0.2, 0) is 15.4 Å². The number of aliphatic hydroxyl groups is 1. The van der Waals surface area contributed by atoms with E-state index in [0.29, 0.717) is 25.7 Å². The third kappa shape index (κ3) is 1.87. The molecule has 2 aliphatic heterocycles. The Bertz CT molecular complexity index is 834. The summed E-state index contributed by atoms with van der Waals surface area (Å²) in [4.78, 5) is 0. The molecule has 2 fully saturated rings.